The van der Waals surface area contributed by atoms with Gasteiger partial charge in [-0.1, -0.05) is 0 Å². The number of nitrogens with zero attached hydrogens (tertiary/aromatic N) is 7. The summed E-state index contributed by atoms with van der Waals surface area (Å²) in [7, 11) is 0. The van der Waals surface area contributed by atoms with Gasteiger partial charge in [0.15, 0.2) is 11.5 Å². The number of halogens is 3. The van der Waals surface area contributed by atoms with Crippen LogP contribution < -0.4 is 11.1 Å². The lowest BCUT2D eigenvalue weighted by Crippen LogP contribution is -2.64. The highest BCUT2D eigenvalue weighted by atomic mass is 19.3. The van der Waals surface area contributed by atoms with Crippen molar-refractivity contribution in [1.82, 2.24) is 34.0 Å². The maximum atomic E-state index is 15.1. The minimum absolute atomic E-state index is 0.0937. The van der Waals surface area contributed by atoms with Crippen LogP contribution in [0, 0.1) is 6.92 Å². The van der Waals surface area contributed by atoms with Crippen LogP contribution in [0.3, 0.4) is 0 Å². The Bertz CT molecular complexity index is 1460. The van der Waals surface area contributed by atoms with Crippen molar-refractivity contribution in [3.63, 3.8) is 0 Å². The number of hydrogen-bond acceptors (Lipinski definition) is 8. The van der Waals surface area contributed by atoms with Crippen molar-refractivity contribution in [1.29, 1.82) is 0 Å². The van der Waals surface area contributed by atoms with Crippen molar-refractivity contribution >= 4 is 28.4 Å². The highest BCUT2D eigenvalue weighted by Crippen LogP contribution is 2.31. The first-order valence-electron chi connectivity index (χ1n) is 12.2. The molecular weight excluding hydrogens is 487 g/mol. The summed E-state index contributed by atoms with van der Waals surface area (Å²) in [6.07, 6.45) is -1.30. The second-order valence-electron chi connectivity index (χ2n) is 10.0. The van der Waals surface area contributed by atoms with E-state index in [1.165, 1.54) is 4.57 Å². The molecule has 196 valence electrons. The molecule has 13 heteroatoms. The second-order valence-corrected chi connectivity index (χ2v) is 10.0. The maximum absolute atomic E-state index is 15.1. The summed E-state index contributed by atoms with van der Waals surface area (Å²) >= 11 is 0. The highest BCUT2D eigenvalue weighted by molar-refractivity contribution is 5.88. The van der Waals surface area contributed by atoms with E-state index in [0.29, 0.717) is 59.9 Å². The third kappa shape index (κ3) is 4.15. The molecule has 0 aliphatic carbocycles. The molecule has 0 unspecified atom stereocenters. The lowest BCUT2D eigenvalue weighted by molar-refractivity contribution is -0.142. The summed E-state index contributed by atoms with van der Waals surface area (Å²) in [5.41, 5.74) is 8.85. The zero-order valence-corrected chi connectivity index (χ0v) is 20.5. The molecule has 4 aromatic rings. The zero-order valence-electron chi connectivity index (χ0n) is 20.5. The number of imidazole rings is 1. The zero-order chi connectivity index (χ0) is 25.9. The topological polar surface area (TPSA) is 111 Å². The first-order chi connectivity index (χ1) is 17.7. The molecule has 2 aliphatic rings. The number of rotatable bonds is 6. The minimum Gasteiger partial charge on any atom is -0.382 e. The van der Waals surface area contributed by atoms with Crippen LogP contribution >= 0.6 is 0 Å². The molecule has 6 rings (SSSR count). The number of likely N-dealkylation sites (tertiary alicyclic amines) is 1. The normalized spacial score (nSPS) is 22.1. The lowest BCUT2D eigenvalue weighted by Gasteiger charge is -2.50. The van der Waals surface area contributed by atoms with Crippen LogP contribution in [-0.2, 0) is 11.3 Å². The van der Waals surface area contributed by atoms with Crippen molar-refractivity contribution in [3.8, 4) is 11.3 Å². The smallest absolute Gasteiger partial charge is 0.256 e. The number of nitrogen functional groups attached to an aromatic ring is 1. The van der Waals surface area contributed by atoms with Gasteiger partial charge in [-0.25, -0.2) is 27.7 Å². The fourth-order valence-electron chi connectivity index (χ4n) is 5.25. The molecule has 4 aromatic heterocycles. The number of aromatic nitrogens is 6. The molecule has 3 N–H and O–H groups in total. The Labute approximate surface area is 210 Å². The predicted molar refractivity (Wildman–Crippen MR) is 132 cm³/mol. The summed E-state index contributed by atoms with van der Waals surface area (Å²) in [4.78, 5) is 15.5. The quantitative estimate of drug-likeness (QED) is 0.403. The first-order valence-corrected chi connectivity index (χ1v) is 12.2. The van der Waals surface area contributed by atoms with Gasteiger partial charge in [0.1, 0.15) is 23.0 Å². The molecule has 37 heavy (non-hydrogen) atoms. The Kier molecular flexibility index (Phi) is 5.71. The van der Waals surface area contributed by atoms with Crippen LogP contribution in [0.25, 0.3) is 27.9 Å². The summed E-state index contributed by atoms with van der Waals surface area (Å²) in [5.74, 6) is 0.900. The molecule has 2 fully saturated rings. The largest absolute Gasteiger partial charge is 0.382 e. The Morgan fingerprint density at radius 3 is 2.73 bits per heavy atom. The Balaban J connectivity index is 1.26. The van der Waals surface area contributed by atoms with Crippen molar-refractivity contribution in [2.45, 2.75) is 51.0 Å². The van der Waals surface area contributed by atoms with E-state index in [9.17, 15) is 8.78 Å². The molecule has 6 heterocycles. The van der Waals surface area contributed by atoms with E-state index in [4.69, 9.17) is 10.5 Å². The van der Waals surface area contributed by atoms with Gasteiger partial charge in [-0.3, -0.25) is 4.90 Å². The van der Waals surface area contributed by atoms with Gasteiger partial charge >= 0.3 is 0 Å². The van der Waals surface area contributed by atoms with Crippen LogP contribution in [0.2, 0.25) is 0 Å². The predicted octanol–water partition coefficient (Wildman–Crippen LogP) is 2.91. The number of nitrogens with two attached hydrogens (primary N) is 1. The van der Waals surface area contributed by atoms with E-state index < -0.39 is 25.2 Å². The van der Waals surface area contributed by atoms with Gasteiger partial charge in [0.25, 0.3) is 6.43 Å². The molecule has 0 bridgehead atoms. The fraction of sp³-hybridized carbons (Fsp3) is 0.500. The molecule has 2 atom stereocenters. The van der Waals surface area contributed by atoms with E-state index in [-0.39, 0.29) is 17.3 Å². The summed E-state index contributed by atoms with van der Waals surface area (Å²) in [5, 5.41) is 7.62. The molecule has 10 nitrogen and oxygen atoms in total. The Morgan fingerprint density at radius 2 is 2.03 bits per heavy atom. The number of anilines is 2. The van der Waals surface area contributed by atoms with Crippen molar-refractivity contribution in [2.24, 2.45) is 0 Å². The van der Waals surface area contributed by atoms with Crippen LogP contribution in [0.4, 0.5) is 24.9 Å². The molecule has 0 amide bonds. The molecule has 2 saturated heterocycles. The van der Waals surface area contributed by atoms with E-state index in [1.54, 1.807) is 35.8 Å². The monoisotopic (exact) mass is 515 g/mol. The van der Waals surface area contributed by atoms with Gasteiger partial charge < -0.3 is 20.4 Å². The standard InChI is InChI=1S/C24H28F3N9O/c1-13-29-18-4-3-16(30-22(18)35(13)10-19(26)27)14-5-8-36-20(14)21(28)32-23(33-36)31-17-6-7-34(9-15(17)25)24(2)11-37-12-24/h3-5,8,15,17,19H,6-7,9-12H2,1-2H3,(H3,28,31,32,33)/t15-,17+/m1/s1. The van der Waals surface area contributed by atoms with Gasteiger partial charge in [0, 0.05) is 24.8 Å². The van der Waals surface area contributed by atoms with E-state index in [0.717, 1.165) is 6.54 Å². The number of nitrogens with one attached hydrogen (secondary N) is 1. The average molecular weight is 516 g/mol. The number of hydrogen-bond donors (Lipinski definition) is 2. The summed E-state index contributed by atoms with van der Waals surface area (Å²) < 4.78 is 49.6. The SMILES string of the molecule is Cc1nc2ccc(-c3ccn4nc(N[C@H]5CCN(C6(C)COC6)C[C@H]5F)nc(N)c34)nc2n1CC(F)F. The minimum atomic E-state index is -2.53. The Morgan fingerprint density at radius 1 is 1.22 bits per heavy atom. The first kappa shape index (κ1) is 23.9. The number of aryl methyl sites for hydroxylation is 1. The van der Waals surface area contributed by atoms with E-state index in [1.807, 2.05) is 0 Å². The summed E-state index contributed by atoms with van der Waals surface area (Å²) in [6, 6.07) is 4.86. The average Bonchev–Trinajstić information content (AvgIpc) is 3.39. The molecule has 2 aliphatic heterocycles. The van der Waals surface area contributed by atoms with Gasteiger partial charge in [0.2, 0.25) is 5.95 Å². The second kappa shape index (κ2) is 8.84. The van der Waals surface area contributed by atoms with E-state index >= 15 is 4.39 Å². The number of piperidine rings is 1. The molecular formula is C24H28F3N9O. The maximum Gasteiger partial charge on any atom is 0.256 e. The van der Waals surface area contributed by atoms with Crippen molar-refractivity contribution in [2.75, 3.05) is 37.4 Å². The third-order valence-electron chi connectivity index (χ3n) is 7.36. The lowest BCUT2D eigenvalue weighted by atomic mass is 9.92. The van der Waals surface area contributed by atoms with Gasteiger partial charge in [-0.05, 0) is 38.5 Å². The number of alkyl halides is 3. The number of fused-ring (bicyclic) bond motifs is 2. The molecule has 0 spiro atoms. The Hall–Kier alpha value is -3.45. The third-order valence-corrected chi connectivity index (χ3v) is 7.36. The summed E-state index contributed by atoms with van der Waals surface area (Å²) in [6.45, 7) is 5.60. The number of ether oxygens (including phenoxy) is 1. The van der Waals surface area contributed by atoms with Crippen LogP contribution in [-0.4, -0.2) is 84.5 Å². The van der Waals surface area contributed by atoms with Crippen molar-refractivity contribution in [3.05, 3.63) is 30.2 Å². The molecule has 0 radical (unpaired) electrons. The fourth-order valence-corrected chi connectivity index (χ4v) is 5.25. The number of pyridine rings is 1. The van der Waals surface area contributed by atoms with Gasteiger partial charge in [-0.2, -0.15) is 4.98 Å². The molecule has 0 saturated carbocycles. The van der Waals surface area contributed by atoms with Gasteiger partial charge in [-0.15, -0.1) is 5.10 Å². The van der Waals surface area contributed by atoms with Crippen molar-refractivity contribution < 1.29 is 17.9 Å². The van der Waals surface area contributed by atoms with Crippen LogP contribution in [0.5, 0.6) is 0 Å². The van der Waals surface area contributed by atoms with E-state index in [2.05, 4.69) is 37.2 Å². The highest BCUT2D eigenvalue weighted by Gasteiger charge is 2.43. The van der Waals surface area contributed by atoms with Crippen LogP contribution in [0.1, 0.15) is 19.2 Å². The van der Waals surface area contributed by atoms with Gasteiger partial charge in [0.05, 0.1) is 37.0 Å². The molecule has 0 aromatic carbocycles. The van der Waals surface area contributed by atoms with Crippen LogP contribution in [0.15, 0.2) is 24.4 Å².